The lowest BCUT2D eigenvalue weighted by molar-refractivity contribution is 0.0949. The molecule has 0 saturated carbocycles. The summed E-state index contributed by atoms with van der Waals surface area (Å²) in [4.78, 5) is 28.2. The van der Waals surface area contributed by atoms with Crippen LogP contribution in [0.15, 0.2) is 36.1 Å². The number of carbonyl (C=O) groups excluding carboxylic acids is 1. The Bertz CT molecular complexity index is 1290. The van der Waals surface area contributed by atoms with Crippen molar-refractivity contribution in [3.8, 4) is 16.5 Å². The van der Waals surface area contributed by atoms with Gasteiger partial charge in [-0.2, -0.15) is 5.10 Å². The van der Waals surface area contributed by atoms with Crippen molar-refractivity contribution in [1.29, 1.82) is 0 Å². The third kappa shape index (κ3) is 4.40. The molecule has 5 rings (SSSR count). The molecule has 0 unspecified atom stereocenters. The summed E-state index contributed by atoms with van der Waals surface area (Å²) in [6, 6.07) is 4.07. The van der Waals surface area contributed by atoms with Gasteiger partial charge in [0.15, 0.2) is 0 Å². The molecule has 0 radical (unpaired) electrons. The molecule has 1 aliphatic rings. The van der Waals surface area contributed by atoms with Gasteiger partial charge in [0.25, 0.3) is 11.9 Å². The van der Waals surface area contributed by atoms with E-state index < -0.39 is 0 Å². The van der Waals surface area contributed by atoms with Crippen LogP contribution in [0.25, 0.3) is 16.5 Å². The van der Waals surface area contributed by atoms with Crippen LogP contribution in [0.1, 0.15) is 65.7 Å². The molecule has 1 aliphatic heterocycles. The number of rotatable bonds is 8. The summed E-state index contributed by atoms with van der Waals surface area (Å²) < 4.78 is 3.96. The zero-order chi connectivity index (χ0) is 23.5. The maximum Gasteiger partial charge on any atom is 0.255 e. The fourth-order valence-electron chi connectivity index (χ4n) is 4.40. The number of unbranched alkanes of at least 4 members (excludes halogenated alkanes) is 1. The van der Waals surface area contributed by atoms with Crippen LogP contribution in [0.4, 0.5) is 0 Å². The number of amides is 1. The molecule has 0 aromatic carbocycles. The zero-order valence-electron chi connectivity index (χ0n) is 19.6. The first-order valence-corrected chi connectivity index (χ1v) is 12.8. The Morgan fingerprint density at radius 3 is 2.94 bits per heavy atom. The first-order chi connectivity index (χ1) is 16.7. The topological polar surface area (TPSA) is 90.5 Å². The molecule has 8 nitrogen and oxygen atoms in total. The van der Waals surface area contributed by atoms with Gasteiger partial charge in [0.2, 0.25) is 0 Å². The van der Waals surface area contributed by atoms with Crippen molar-refractivity contribution in [3.05, 3.63) is 64.4 Å². The molecule has 4 aromatic heterocycles. The minimum atomic E-state index is -0.130. The van der Waals surface area contributed by atoms with Gasteiger partial charge in [0.05, 0.1) is 46.5 Å². The Balaban J connectivity index is 1.42. The number of nitrogens with one attached hydrogen (secondary N) is 1. The Morgan fingerprint density at radius 1 is 1.21 bits per heavy atom. The Kier molecular flexibility index (Phi) is 6.53. The van der Waals surface area contributed by atoms with Gasteiger partial charge in [-0.25, -0.2) is 19.6 Å². The van der Waals surface area contributed by atoms with Gasteiger partial charge in [-0.05, 0) is 49.6 Å². The summed E-state index contributed by atoms with van der Waals surface area (Å²) in [6.07, 6.45) is 11.4. The van der Waals surface area contributed by atoms with E-state index in [0.29, 0.717) is 18.1 Å². The second-order valence-corrected chi connectivity index (χ2v) is 9.60. The first-order valence-electron chi connectivity index (χ1n) is 11.9. The molecule has 0 bridgehead atoms. The minimum Gasteiger partial charge on any atom is -0.346 e. The summed E-state index contributed by atoms with van der Waals surface area (Å²) in [7, 11) is 0. The van der Waals surface area contributed by atoms with Crippen LogP contribution >= 0.6 is 11.3 Å². The SMILES string of the molecule is CCCCc1c(C(=O)NCc2cnc3n2CCCC3)cnn1-c1ncc(C)c(-c2cccs2)n1. The normalized spacial score (nSPS) is 13.1. The molecule has 0 atom stereocenters. The van der Waals surface area contributed by atoms with E-state index in [4.69, 9.17) is 4.98 Å². The molecule has 0 saturated heterocycles. The van der Waals surface area contributed by atoms with Crippen molar-refractivity contribution in [2.24, 2.45) is 0 Å². The summed E-state index contributed by atoms with van der Waals surface area (Å²) in [5, 5.41) is 9.67. The third-order valence-electron chi connectivity index (χ3n) is 6.27. The Morgan fingerprint density at radius 2 is 2.12 bits per heavy atom. The molecule has 0 aliphatic carbocycles. The van der Waals surface area contributed by atoms with E-state index in [-0.39, 0.29) is 5.91 Å². The lowest BCUT2D eigenvalue weighted by Crippen LogP contribution is -2.26. The van der Waals surface area contributed by atoms with Gasteiger partial charge >= 0.3 is 0 Å². The van der Waals surface area contributed by atoms with Crippen LogP contribution in [0.3, 0.4) is 0 Å². The van der Waals surface area contributed by atoms with E-state index in [9.17, 15) is 4.79 Å². The molecule has 0 spiro atoms. The fraction of sp³-hybridized carbons (Fsp3) is 0.400. The van der Waals surface area contributed by atoms with Crippen LogP contribution < -0.4 is 5.32 Å². The summed E-state index contributed by atoms with van der Waals surface area (Å²) in [5.41, 5.74) is 4.38. The molecule has 4 aromatic rings. The highest BCUT2D eigenvalue weighted by Crippen LogP contribution is 2.26. The van der Waals surface area contributed by atoms with Crippen LogP contribution in [0, 0.1) is 6.92 Å². The molecule has 9 heteroatoms. The Hall–Kier alpha value is -3.33. The quantitative estimate of drug-likeness (QED) is 0.405. The highest BCUT2D eigenvalue weighted by molar-refractivity contribution is 7.13. The average Bonchev–Trinajstić information content (AvgIpc) is 3.61. The Labute approximate surface area is 203 Å². The second-order valence-electron chi connectivity index (χ2n) is 8.66. The maximum atomic E-state index is 13.2. The van der Waals surface area contributed by atoms with Crippen molar-refractivity contribution in [3.63, 3.8) is 0 Å². The molecule has 176 valence electrons. The van der Waals surface area contributed by atoms with Crippen molar-refractivity contribution < 1.29 is 4.79 Å². The summed E-state index contributed by atoms with van der Waals surface area (Å²) in [5.74, 6) is 1.48. The maximum absolute atomic E-state index is 13.2. The van der Waals surface area contributed by atoms with Crippen molar-refractivity contribution in [2.75, 3.05) is 0 Å². The number of thiophene rings is 1. The lowest BCUT2D eigenvalue weighted by Gasteiger charge is -2.16. The predicted octanol–water partition coefficient (Wildman–Crippen LogP) is 4.50. The highest BCUT2D eigenvalue weighted by Gasteiger charge is 2.21. The standard InChI is InChI=1S/C25H29N7OS/c1-3-4-8-20-19(24(33)27-15-18-14-26-22-10-5-6-11-31(18)22)16-29-32(20)25-28-13-17(2)23(30-25)21-9-7-12-34-21/h7,9,12-14,16H,3-6,8,10-11,15H2,1-2H3,(H,27,33). The van der Waals surface area contributed by atoms with Crippen LogP contribution in [-0.4, -0.2) is 35.2 Å². The van der Waals surface area contributed by atoms with Crippen molar-refractivity contribution in [1.82, 2.24) is 34.6 Å². The number of nitrogens with zero attached hydrogens (tertiary/aromatic N) is 6. The summed E-state index contributed by atoms with van der Waals surface area (Å²) >= 11 is 1.65. The van der Waals surface area contributed by atoms with E-state index in [2.05, 4.69) is 37.9 Å². The number of aryl methyl sites for hydroxylation is 2. The number of hydrogen-bond donors (Lipinski definition) is 1. The molecule has 34 heavy (non-hydrogen) atoms. The first kappa shape index (κ1) is 22.5. The molecule has 1 N–H and O–H groups in total. The number of carbonyl (C=O) groups is 1. The number of imidazole rings is 1. The van der Waals surface area contributed by atoms with Gasteiger partial charge in [-0.1, -0.05) is 19.4 Å². The van der Waals surface area contributed by atoms with E-state index >= 15 is 0 Å². The van der Waals surface area contributed by atoms with Gasteiger partial charge in [-0.3, -0.25) is 4.79 Å². The van der Waals surface area contributed by atoms with E-state index in [1.165, 1.54) is 6.42 Å². The number of aromatic nitrogens is 6. The average molecular weight is 476 g/mol. The largest absolute Gasteiger partial charge is 0.346 e. The number of hydrogen-bond acceptors (Lipinski definition) is 6. The van der Waals surface area contributed by atoms with Gasteiger partial charge in [0, 0.05) is 19.2 Å². The van der Waals surface area contributed by atoms with Crippen LogP contribution in [-0.2, 0) is 25.9 Å². The smallest absolute Gasteiger partial charge is 0.255 e. The minimum absolute atomic E-state index is 0.130. The molecular weight excluding hydrogens is 446 g/mol. The van der Waals surface area contributed by atoms with Gasteiger partial charge < -0.3 is 9.88 Å². The van der Waals surface area contributed by atoms with E-state index in [1.807, 2.05) is 30.8 Å². The summed E-state index contributed by atoms with van der Waals surface area (Å²) in [6.45, 7) is 5.57. The number of fused-ring (bicyclic) bond motifs is 1. The third-order valence-corrected chi connectivity index (χ3v) is 7.14. The van der Waals surface area contributed by atoms with Gasteiger partial charge in [0.1, 0.15) is 5.82 Å². The fourth-order valence-corrected chi connectivity index (χ4v) is 5.18. The van der Waals surface area contributed by atoms with Crippen molar-refractivity contribution >= 4 is 17.2 Å². The van der Waals surface area contributed by atoms with E-state index in [0.717, 1.165) is 72.0 Å². The van der Waals surface area contributed by atoms with E-state index in [1.54, 1.807) is 22.2 Å². The molecular formula is C25H29N7OS. The lowest BCUT2D eigenvalue weighted by atomic mass is 10.1. The predicted molar refractivity (Wildman–Crippen MR) is 132 cm³/mol. The molecule has 5 heterocycles. The monoisotopic (exact) mass is 475 g/mol. The van der Waals surface area contributed by atoms with Crippen molar-refractivity contribution in [2.45, 2.75) is 65.5 Å². The van der Waals surface area contributed by atoms with Gasteiger partial charge in [-0.15, -0.1) is 11.3 Å². The second kappa shape index (κ2) is 9.89. The van der Waals surface area contributed by atoms with Crippen LogP contribution in [0.5, 0.6) is 0 Å². The van der Waals surface area contributed by atoms with Crippen LogP contribution in [0.2, 0.25) is 0 Å². The molecule has 1 amide bonds. The molecule has 0 fully saturated rings. The zero-order valence-corrected chi connectivity index (χ0v) is 20.4. The highest BCUT2D eigenvalue weighted by atomic mass is 32.1.